The number of ether oxygens (including phenoxy) is 2. The molecule has 0 atom stereocenters. The van der Waals surface area contributed by atoms with Gasteiger partial charge in [-0.05, 0) is 55.8 Å². The van der Waals surface area contributed by atoms with Crippen LogP contribution >= 0.6 is 0 Å². The van der Waals surface area contributed by atoms with E-state index in [0.717, 1.165) is 42.8 Å². The maximum Gasteiger partial charge on any atom is 0.235 e. The monoisotopic (exact) mass is 379 g/mol. The molecule has 1 saturated heterocycles. The largest absolute Gasteiger partial charge is 0.489 e. The van der Waals surface area contributed by atoms with Crippen molar-refractivity contribution in [3.8, 4) is 17.1 Å². The predicted molar refractivity (Wildman–Crippen MR) is 106 cm³/mol. The van der Waals surface area contributed by atoms with E-state index in [9.17, 15) is 0 Å². The quantitative estimate of drug-likeness (QED) is 0.677. The third-order valence-corrected chi connectivity index (χ3v) is 5.22. The first-order valence-corrected chi connectivity index (χ1v) is 9.60. The Hall–Kier alpha value is -2.70. The number of nitrogens with one attached hydrogen (secondary N) is 1. The Kier molecular flexibility index (Phi) is 5.69. The van der Waals surface area contributed by atoms with Crippen LogP contribution in [0.5, 0.6) is 5.75 Å². The van der Waals surface area contributed by atoms with Crippen LogP contribution in [-0.4, -0.2) is 36.9 Å². The molecule has 4 rings (SSSR count). The maximum atomic E-state index is 5.84. The Morgan fingerprint density at radius 2 is 1.79 bits per heavy atom. The average molecular weight is 379 g/mol. The van der Waals surface area contributed by atoms with Gasteiger partial charge in [0, 0.05) is 12.7 Å². The van der Waals surface area contributed by atoms with Gasteiger partial charge in [-0.1, -0.05) is 35.5 Å². The highest BCUT2D eigenvalue weighted by Crippen LogP contribution is 2.34. The average Bonchev–Trinajstić information content (AvgIpc) is 3.25. The number of hydrogen-bond donors (Lipinski definition) is 1. The Balaban J connectivity index is 1.46. The van der Waals surface area contributed by atoms with Crippen molar-refractivity contribution >= 4 is 0 Å². The molecule has 0 radical (unpaired) electrons. The smallest absolute Gasteiger partial charge is 0.235 e. The van der Waals surface area contributed by atoms with Crippen LogP contribution in [0.15, 0.2) is 59.1 Å². The molecule has 1 aliphatic heterocycles. The van der Waals surface area contributed by atoms with E-state index in [0.29, 0.717) is 24.9 Å². The van der Waals surface area contributed by atoms with Crippen LogP contribution in [0.1, 0.15) is 24.3 Å². The summed E-state index contributed by atoms with van der Waals surface area (Å²) < 4.78 is 17.0. The fraction of sp³-hybridized carbons (Fsp3) is 0.364. The van der Waals surface area contributed by atoms with Crippen molar-refractivity contribution in [3.05, 3.63) is 66.1 Å². The number of nitrogens with zero attached hydrogens (tertiary/aromatic N) is 2. The van der Waals surface area contributed by atoms with E-state index < -0.39 is 0 Å². The molecular weight excluding hydrogens is 354 g/mol. The lowest BCUT2D eigenvalue weighted by atomic mass is 9.79. The van der Waals surface area contributed by atoms with Crippen LogP contribution < -0.4 is 10.1 Å². The van der Waals surface area contributed by atoms with Crippen molar-refractivity contribution in [1.82, 2.24) is 15.5 Å². The SMILES string of the molecule is COCC1(c2nc(-c3ccc(OCc4ccccc4)cc3)no2)CCNCC1. The molecule has 146 valence electrons. The van der Waals surface area contributed by atoms with Crippen LogP contribution in [0.2, 0.25) is 0 Å². The summed E-state index contributed by atoms with van der Waals surface area (Å²) >= 11 is 0. The van der Waals surface area contributed by atoms with Crippen LogP contribution in [-0.2, 0) is 16.8 Å². The zero-order chi connectivity index (χ0) is 19.2. The molecule has 6 nitrogen and oxygen atoms in total. The van der Waals surface area contributed by atoms with Gasteiger partial charge >= 0.3 is 0 Å². The van der Waals surface area contributed by atoms with Crippen molar-refractivity contribution in [3.63, 3.8) is 0 Å². The second kappa shape index (κ2) is 8.54. The fourth-order valence-electron chi connectivity index (χ4n) is 3.60. The molecule has 0 unspecified atom stereocenters. The van der Waals surface area contributed by atoms with E-state index in [-0.39, 0.29) is 5.41 Å². The maximum absolute atomic E-state index is 5.84. The molecule has 1 fully saturated rings. The summed E-state index contributed by atoms with van der Waals surface area (Å²) in [6.07, 6.45) is 1.85. The summed E-state index contributed by atoms with van der Waals surface area (Å²) in [5, 5.41) is 7.59. The highest BCUT2D eigenvalue weighted by atomic mass is 16.5. The van der Waals surface area contributed by atoms with E-state index in [2.05, 4.69) is 10.5 Å². The van der Waals surface area contributed by atoms with E-state index in [1.807, 2.05) is 54.6 Å². The molecule has 2 heterocycles. The standard InChI is InChI=1S/C22H25N3O3/c1-26-16-22(11-13-23-14-12-22)21-24-20(25-28-21)18-7-9-19(10-8-18)27-15-17-5-3-2-4-6-17/h2-10,23H,11-16H2,1H3. The summed E-state index contributed by atoms with van der Waals surface area (Å²) in [5.74, 6) is 2.07. The van der Waals surface area contributed by atoms with E-state index in [4.69, 9.17) is 19.0 Å². The van der Waals surface area contributed by atoms with Gasteiger partial charge in [-0.25, -0.2) is 0 Å². The molecule has 1 N–H and O–H groups in total. The molecule has 0 aliphatic carbocycles. The van der Waals surface area contributed by atoms with Crippen molar-refractivity contribution in [2.45, 2.75) is 24.9 Å². The summed E-state index contributed by atoms with van der Waals surface area (Å²) in [5.41, 5.74) is 1.84. The van der Waals surface area contributed by atoms with Crippen molar-refractivity contribution in [1.29, 1.82) is 0 Å². The van der Waals surface area contributed by atoms with Gasteiger partial charge in [0.15, 0.2) is 0 Å². The van der Waals surface area contributed by atoms with E-state index in [1.54, 1.807) is 7.11 Å². The van der Waals surface area contributed by atoms with Gasteiger partial charge in [0.1, 0.15) is 12.4 Å². The van der Waals surface area contributed by atoms with E-state index in [1.165, 1.54) is 0 Å². The number of benzene rings is 2. The minimum absolute atomic E-state index is 0.204. The zero-order valence-corrected chi connectivity index (χ0v) is 16.1. The number of methoxy groups -OCH3 is 1. The Morgan fingerprint density at radius 1 is 1.04 bits per heavy atom. The predicted octanol–water partition coefficient (Wildman–Crippen LogP) is 3.58. The van der Waals surface area contributed by atoms with Crippen LogP contribution in [0.3, 0.4) is 0 Å². The molecule has 1 aliphatic rings. The van der Waals surface area contributed by atoms with Crippen molar-refractivity contribution in [2.24, 2.45) is 0 Å². The van der Waals surface area contributed by atoms with Gasteiger partial charge in [0.05, 0.1) is 12.0 Å². The fourth-order valence-corrected chi connectivity index (χ4v) is 3.60. The van der Waals surface area contributed by atoms with Crippen molar-refractivity contribution in [2.75, 3.05) is 26.8 Å². The first-order valence-electron chi connectivity index (χ1n) is 9.60. The lowest BCUT2D eigenvalue weighted by Crippen LogP contribution is -2.43. The Labute approximate surface area is 164 Å². The number of aromatic nitrogens is 2. The number of rotatable bonds is 7. The molecular formula is C22H25N3O3. The lowest BCUT2D eigenvalue weighted by molar-refractivity contribution is 0.0850. The highest BCUT2D eigenvalue weighted by Gasteiger charge is 2.39. The summed E-state index contributed by atoms with van der Waals surface area (Å²) in [6.45, 7) is 2.98. The van der Waals surface area contributed by atoms with Gasteiger partial charge in [-0.2, -0.15) is 4.98 Å². The van der Waals surface area contributed by atoms with Crippen LogP contribution in [0.4, 0.5) is 0 Å². The third-order valence-electron chi connectivity index (χ3n) is 5.22. The molecule has 3 aromatic rings. The van der Waals surface area contributed by atoms with Crippen molar-refractivity contribution < 1.29 is 14.0 Å². The molecule has 1 aromatic heterocycles. The second-order valence-corrected chi connectivity index (χ2v) is 7.19. The topological polar surface area (TPSA) is 69.4 Å². The van der Waals surface area contributed by atoms with Gasteiger partial charge < -0.3 is 19.3 Å². The summed E-state index contributed by atoms with van der Waals surface area (Å²) in [7, 11) is 1.72. The minimum atomic E-state index is -0.204. The van der Waals surface area contributed by atoms with Crippen LogP contribution in [0.25, 0.3) is 11.4 Å². The van der Waals surface area contributed by atoms with Gasteiger partial charge in [0.2, 0.25) is 11.7 Å². The van der Waals surface area contributed by atoms with Crippen LogP contribution in [0, 0.1) is 0 Å². The van der Waals surface area contributed by atoms with Gasteiger partial charge in [0.25, 0.3) is 0 Å². The summed E-state index contributed by atoms with van der Waals surface area (Å²) in [4.78, 5) is 4.69. The highest BCUT2D eigenvalue weighted by molar-refractivity contribution is 5.55. The summed E-state index contributed by atoms with van der Waals surface area (Å²) in [6, 6.07) is 17.9. The zero-order valence-electron chi connectivity index (χ0n) is 16.1. The number of hydrogen-bond acceptors (Lipinski definition) is 6. The molecule has 0 amide bonds. The Morgan fingerprint density at radius 3 is 2.50 bits per heavy atom. The molecule has 6 heteroatoms. The first kappa shape index (κ1) is 18.7. The normalized spacial score (nSPS) is 16.0. The van der Waals surface area contributed by atoms with Gasteiger partial charge in [-0.15, -0.1) is 0 Å². The minimum Gasteiger partial charge on any atom is -0.489 e. The lowest BCUT2D eigenvalue weighted by Gasteiger charge is -2.33. The van der Waals surface area contributed by atoms with E-state index >= 15 is 0 Å². The molecule has 0 spiro atoms. The Bertz CT molecular complexity index is 866. The molecule has 0 bridgehead atoms. The first-order chi connectivity index (χ1) is 13.8. The third kappa shape index (κ3) is 4.08. The second-order valence-electron chi connectivity index (χ2n) is 7.19. The molecule has 28 heavy (non-hydrogen) atoms. The molecule has 2 aromatic carbocycles. The van der Waals surface area contributed by atoms with Gasteiger partial charge in [-0.3, -0.25) is 0 Å². The molecule has 0 saturated carbocycles. The number of piperidine rings is 1.